The zero-order valence-corrected chi connectivity index (χ0v) is 9.92. The summed E-state index contributed by atoms with van der Waals surface area (Å²) in [6.45, 7) is 0.156. The molecule has 0 atom stereocenters. The molecule has 1 heterocycles. The van der Waals surface area contributed by atoms with Crippen LogP contribution in [0.1, 0.15) is 29.6 Å². The molecular weight excluding hydrogens is 242 g/mol. The number of rotatable bonds is 2. The Hall–Kier alpha value is -1.42. The van der Waals surface area contributed by atoms with E-state index in [4.69, 9.17) is 21.1 Å². The van der Waals surface area contributed by atoms with Gasteiger partial charge in [0.05, 0.1) is 5.02 Å². The minimum atomic E-state index is -0.102. The van der Waals surface area contributed by atoms with E-state index in [1.54, 1.807) is 12.1 Å². The maximum Gasteiger partial charge on any atom is 0.251 e. The smallest absolute Gasteiger partial charge is 0.251 e. The van der Waals surface area contributed by atoms with Crippen molar-refractivity contribution in [2.45, 2.75) is 25.3 Å². The second-order valence-electron chi connectivity index (χ2n) is 4.29. The first-order valence-electron chi connectivity index (χ1n) is 5.64. The molecule has 0 radical (unpaired) electrons. The van der Waals surface area contributed by atoms with Crippen molar-refractivity contribution in [3.63, 3.8) is 0 Å². The van der Waals surface area contributed by atoms with Crippen molar-refractivity contribution < 1.29 is 14.3 Å². The zero-order chi connectivity index (χ0) is 11.8. The number of ether oxygens (including phenoxy) is 2. The molecule has 0 aromatic heterocycles. The van der Waals surface area contributed by atoms with Gasteiger partial charge in [0, 0.05) is 11.6 Å². The molecule has 3 rings (SSSR count). The first-order chi connectivity index (χ1) is 8.24. The number of hydrogen-bond donors (Lipinski definition) is 1. The van der Waals surface area contributed by atoms with Gasteiger partial charge >= 0.3 is 0 Å². The SMILES string of the molecule is O=C(NC1CCC1)c1cc(Cl)c2c(c1)OCO2. The Bertz CT molecular complexity index is 471. The number of carbonyl (C=O) groups is 1. The third-order valence-corrected chi connectivity index (χ3v) is 3.41. The van der Waals surface area contributed by atoms with Crippen LogP contribution in [0, 0.1) is 0 Å². The van der Waals surface area contributed by atoms with Crippen molar-refractivity contribution >= 4 is 17.5 Å². The Balaban J connectivity index is 1.82. The quantitative estimate of drug-likeness (QED) is 0.880. The van der Waals surface area contributed by atoms with E-state index in [1.165, 1.54) is 6.42 Å². The molecule has 1 aromatic carbocycles. The lowest BCUT2D eigenvalue weighted by molar-refractivity contribution is 0.0916. The minimum absolute atomic E-state index is 0.102. The molecule has 1 N–H and O–H groups in total. The molecule has 1 aliphatic heterocycles. The fourth-order valence-corrected chi connectivity index (χ4v) is 2.19. The van der Waals surface area contributed by atoms with Crippen LogP contribution in [-0.2, 0) is 0 Å². The number of amides is 1. The Morgan fingerprint density at radius 2 is 2.18 bits per heavy atom. The summed E-state index contributed by atoms with van der Waals surface area (Å²) in [5, 5.41) is 3.37. The average Bonchev–Trinajstić information content (AvgIpc) is 2.71. The monoisotopic (exact) mass is 253 g/mol. The molecule has 17 heavy (non-hydrogen) atoms. The van der Waals surface area contributed by atoms with Crippen LogP contribution in [0.4, 0.5) is 0 Å². The fraction of sp³-hybridized carbons (Fsp3) is 0.417. The van der Waals surface area contributed by atoms with Gasteiger partial charge in [-0.05, 0) is 31.4 Å². The van der Waals surface area contributed by atoms with Crippen LogP contribution in [0.15, 0.2) is 12.1 Å². The molecular formula is C12H12ClNO3. The van der Waals surface area contributed by atoms with Gasteiger partial charge in [-0.15, -0.1) is 0 Å². The maximum atomic E-state index is 11.9. The minimum Gasteiger partial charge on any atom is -0.454 e. The summed E-state index contributed by atoms with van der Waals surface area (Å²) in [6.07, 6.45) is 3.31. The summed E-state index contributed by atoms with van der Waals surface area (Å²) in [7, 11) is 0. The third kappa shape index (κ3) is 1.93. The van der Waals surface area contributed by atoms with Crippen LogP contribution in [-0.4, -0.2) is 18.7 Å². The fourth-order valence-electron chi connectivity index (χ4n) is 1.92. The van der Waals surface area contributed by atoms with Gasteiger partial charge in [-0.2, -0.15) is 0 Å². The molecule has 1 aromatic rings. The van der Waals surface area contributed by atoms with E-state index in [9.17, 15) is 4.79 Å². The molecule has 1 aliphatic carbocycles. The molecule has 0 unspecified atom stereocenters. The Morgan fingerprint density at radius 1 is 1.35 bits per heavy atom. The molecule has 1 saturated carbocycles. The molecule has 1 amide bonds. The molecule has 2 aliphatic rings. The van der Waals surface area contributed by atoms with E-state index >= 15 is 0 Å². The van der Waals surface area contributed by atoms with Crippen molar-refractivity contribution in [2.24, 2.45) is 0 Å². The number of halogens is 1. The van der Waals surface area contributed by atoms with Crippen LogP contribution < -0.4 is 14.8 Å². The van der Waals surface area contributed by atoms with Crippen LogP contribution >= 0.6 is 11.6 Å². The van der Waals surface area contributed by atoms with Gasteiger partial charge in [0.15, 0.2) is 11.5 Å². The number of benzene rings is 1. The number of nitrogens with one attached hydrogen (secondary N) is 1. The summed E-state index contributed by atoms with van der Waals surface area (Å²) >= 11 is 6.02. The van der Waals surface area contributed by atoms with Crippen LogP contribution in [0.5, 0.6) is 11.5 Å². The lowest BCUT2D eigenvalue weighted by atomic mass is 9.93. The lowest BCUT2D eigenvalue weighted by Gasteiger charge is -2.26. The summed E-state index contributed by atoms with van der Waals surface area (Å²) in [5.74, 6) is 0.957. The van der Waals surface area contributed by atoms with Crippen molar-refractivity contribution in [3.05, 3.63) is 22.7 Å². The van der Waals surface area contributed by atoms with Gasteiger partial charge in [0.2, 0.25) is 6.79 Å². The molecule has 1 fully saturated rings. The highest BCUT2D eigenvalue weighted by molar-refractivity contribution is 6.32. The lowest BCUT2D eigenvalue weighted by Crippen LogP contribution is -2.39. The van der Waals surface area contributed by atoms with Crippen molar-refractivity contribution in [3.8, 4) is 11.5 Å². The molecule has 5 heteroatoms. The molecule has 0 bridgehead atoms. The normalized spacial score (nSPS) is 17.7. The molecule has 0 spiro atoms. The molecule has 90 valence electrons. The summed E-state index contributed by atoms with van der Waals surface area (Å²) in [6, 6.07) is 3.59. The predicted octanol–water partition coefficient (Wildman–Crippen LogP) is 2.35. The highest BCUT2D eigenvalue weighted by Gasteiger charge is 2.23. The van der Waals surface area contributed by atoms with E-state index in [-0.39, 0.29) is 12.7 Å². The maximum absolute atomic E-state index is 11.9. The van der Waals surface area contributed by atoms with Crippen molar-refractivity contribution in [1.82, 2.24) is 5.32 Å². The summed E-state index contributed by atoms with van der Waals surface area (Å²) < 4.78 is 10.4. The van der Waals surface area contributed by atoms with E-state index in [0.717, 1.165) is 12.8 Å². The van der Waals surface area contributed by atoms with Gasteiger partial charge in [-0.25, -0.2) is 0 Å². The van der Waals surface area contributed by atoms with Crippen molar-refractivity contribution in [1.29, 1.82) is 0 Å². The molecule has 0 saturated heterocycles. The highest BCUT2D eigenvalue weighted by atomic mass is 35.5. The Labute approximate surface area is 104 Å². The largest absolute Gasteiger partial charge is 0.454 e. The van der Waals surface area contributed by atoms with Gasteiger partial charge in [-0.3, -0.25) is 4.79 Å². The second-order valence-corrected chi connectivity index (χ2v) is 4.70. The van der Waals surface area contributed by atoms with E-state index in [1.807, 2.05) is 0 Å². The summed E-state index contributed by atoms with van der Waals surface area (Å²) in [4.78, 5) is 11.9. The average molecular weight is 254 g/mol. The highest BCUT2D eigenvalue weighted by Crippen LogP contribution is 2.39. The first kappa shape index (κ1) is 10.7. The first-order valence-corrected chi connectivity index (χ1v) is 6.02. The molecule has 4 nitrogen and oxygen atoms in total. The van der Waals surface area contributed by atoms with Gasteiger partial charge in [0.25, 0.3) is 5.91 Å². The summed E-state index contributed by atoms with van der Waals surface area (Å²) in [5.41, 5.74) is 0.520. The predicted molar refractivity (Wildman–Crippen MR) is 62.7 cm³/mol. The number of hydrogen-bond acceptors (Lipinski definition) is 3. The zero-order valence-electron chi connectivity index (χ0n) is 9.16. The third-order valence-electron chi connectivity index (χ3n) is 3.13. The van der Waals surface area contributed by atoms with Crippen LogP contribution in [0.3, 0.4) is 0 Å². The van der Waals surface area contributed by atoms with Crippen LogP contribution in [0.2, 0.25) is 5.02 Å². The Kier molecular flexibility index (Phi) is 2.59. The van der Waals surface area contributed by atoms with Gasteiger partial charge in [0.1, 0.15) is 0 Å². The van der Waals surface area contributed by atoms with E-state index < -0.39 is 0 Å². The standard InChI is InChI=1S/C12H12ClNO3/c13-9-4-7(5-10-11(9)17-6-16-10)12(15)14-8-2-1-3-8/h4-5,8H,1-3,6H2,(H,14,15). The van der Waals surface area contributed by atoms with Crippen LogP contribution in [0.25, 0.3) is 0 Å². The van der Waals surface area contributed by atoms with E-state index in [0.29, 0.717) is 28.1 Å². The Morgan fingerprint density at radius 3 is 2.88 bits per heavy atom. The van der Waals surface area contributed by atoms with E-state index in [2.05, 4.69) is 5.32 Å². The second kappa shape index (κ2) is 4.11. The number of fused-ring (bicyclic) bond motifs is 1. The number of carbonyl (C=O) groups excluding carboxylic acids is 1. The topological polar surface area (TPSA) is 47.6 Å². The van der Waals surface area contributed by atoms with Gasteiger partial charge in [-0.1, -0.05) is 11.6 Å². The van der Waals surface area contributed by atoms with Crippen molar-refractivity contribution in [2.75, 3.05) is 6.79 Å². The van der Waals surface area contributed by atoms with Gasteiger partial charge < -0.3 is 14.8 Å².